The smallest absolute Gasteiger partial charge is 0.330 e. The van der Waals surface area contributed by atoms with E-state index in [0.29, 0.717) is 12.4 Å². The van der Waals surface area contributed by atoms with Crippen LogP contribution in [0.15, 0.2) is 6.20 Å². The number of nitro groups is 1. The lowest BCUT2D eigenvalue weighted by molar-refractivity contribution is -0.384. The van der Waals surface area contributed by atoms with Gasteiger partial charge >= 0.3 is 5.69 Å². The molecule has 1 aliphatic heterocycles. The maximum atomic E-state index is 10.8. The Morgan fingerprint density at radius 2 is 2.17 bits per heavy atom. The van der Waals surface area contributed by atoms with Crippen molar-refractivity contribution in [2.24, 2.45) is 7.05 Å². The standard InChI is InChI=1S/C11H19N5O2/c1-14-9-10(16(17)18)11(13-14)12-5-8-15-6-3-2-4-7-15/h9H,2-8H2,1H3,(H,12,13). The van der Waals surface area contributed by atoms with Crippen molar-refractivity contribution >= 4 is 11.5 Å². The summed E-state index contributed by atoms with van der Waals surface area (Å²) in [7, 11) is 1.68. The minimum atomic E-state index is -0.407. The quantitative estimate of drug-likeness (QED) is 0.631. The second kappa shape index (κ2) is 5.81. The Labute approximate surface area is 106 Å². The molecule has 1 N–H and O–H groups in total. The molecule has 0 unspecified atom stereocenters. The Kier molecular flexibility index (Phi) is 4.14. The number of nitrogens with zero attached hydrogens (tertiary/aromatic N) is 4. The summed E-state index contributed by atoms with van der Waals surface area (Å²) in [5.41, 5.74) is 0.0381. The molecule has 1 saturated heterocycles. The summed E-state index contributed by atoms with van der Waals surface area (Å²) in [5, 5.41) is 17.9. The van der Waals surface area contributed by atoms with Crippen LogP contribution >= 0.6 is 0 Å². The van der Waals surface area contributed by atoms with Crippen LogP contribution in [-0.2, 0) is 7.05 Å². The Hall–Kier alpha value is -1.63. The molecule has 2 heterocycles. The van der Waals surface area contributed by atoms with Gasteiger partial charge in [-0.05, 0) is 25.9 Å². The summed E-state index contributed by atoms with van der Waals surface area (Å²) < 4.78 is 1.46. The number of aromatic nitrogens is 2. The van der Waals surface area contributed by atoms with Crippen molar-refractivity contribution < 1.29 is 4.92 Å². The van der Waals surface area contributed by atoms with E-state index < -0.39 is 4.92 Å². The second-order valence-corrected chi connectivity index (χ2v) is 4.62. The van der Waals surface area contributed by atoms with E-state index in [4.69, 9.17) is 0 Å². The first-order valence-electron chi connectivity index (χ1n) is 6.31. The van der Waals surface area contributed by atoms with Crippen molar-refractivity contribution in [2.45, 2.75) is 19.3 Å². The molecular formula is C11H19N5O2. The van der Waals surface area contributed by atoms with E-state index in [0.717, 1.165) is 19.6 Å². The number of rotatable bonds is 5. The fraction of sp³-hybridized carbons (Fsp3) is 0.727. The van der Waals surface area contributed by atoms with Gasteiger partial charge in [0.1, 0.15) is 6.20 Å². The van der Waals surface area contributed by atoms with Crippen LogP contribution < -0.4 is 5.32 Å². The second-order valence-electron chi connectivity index (χ2n) is 4.62. The van der Waals surface area contributed by atoms with E-state index >= 15 is 0 Å². The highest BCUT2D eigenvalue weighted by Gasteiger charge is 2.18. The van der Waals surface area contributed by atoms with Gasteiger partial charge in [0.15, 0.2) is 0 Å². The van der Waals surface area contributed by atoms with Crippen LogP contribution in [0.25, 0.3) is 0 Å². The lowest BCUT2D eigenvalue weighted by atomic mass is 10.1. The molecule has 7 nitrogen and oxygen atoms in total. The molecule has 1 aliphatic rings. The number of hydrogen-bond donors (Lipinski definition) is 1. The van der Waals surface area contributed by atoms with Gasteiger partial charge in [0.2, 0.25) is 5.82 Å². The number of hydrogen-bond acceptors (Lipinski definition) is 5. The van der Waals surface area contributed by atoms with Crippen LogP contribution in [-0.4, -0.2) is 45.8 Å². The van der Waals surface area contributed by atoms with Crippen LogP contribution in [0.4, 0.5) is 11.5 Å². The molecule has 0 aliphatic carbocycles. The molecular weight excluding hydrogens is 234 g/mol. The normalized spacial score (nSPS) is 16.7. The zero-order valence-electron chi connectivity index (χ0n) is 10.6. The van der Waals surface area contributed by atoms with Crippen LogP contribution in [0, 0.1) is 10.1 Å². The summed E-state index contributed by atoms with van der Waals surface area (Å²) in [5.74, 6) is 0.361. The molecule has 1 aromatic rings. The molecule has 1 aromatic heterocycles. The van der Waals surface area contributed by atoms with E-state index in [9.17, 15) is 10.1 Å². The molecule has 0 aromatic carbocycles. The van der Waals surface area contributed by atoms with E-state index in [2.05, 4.69) is 15.3 Å². The summed E-state index contributed by atoms with van der Waals surface area (Å²) >= 11 is 0. The SMILES string of the molecule is Cn1cc([N+](=O)[O-])c(NCCN2CCCCC2)n1. The van der Waals surface area contributed by atoms with Gasteiger partial charge < -0.3 is 10.2 Å². The number of piperidine rings is 1. The maximum absolute atomic E-state index is 10.8. The van der Waals surface area contributed by atoms with Gasteiger partial charge in [0.05, 0.1) is 4.92 Å². The molecule has 0 atom stereocenters. The average Bonchev–Trinajstić information content (AvgIpc) is 2.72. The lowest BCUT2D eigenvalue weighted by Gasteiger charge is -2.26. The van der Waals surface area contributed by atoms with Gasteiger partial charge in [-0.25, -0.2) is 0 Å². The van der Waals surface area contributed by atoms with E-state index in [1.165, 1.54) is 30.1 Å². The predicted molar refractivity (Wildman–Crippen MR) is 68.6 cm³/mol. The Balaban J connectivity index is 1.84. The van der Waals surface area contributed by atoms with Crippen LogP contribution in [0.5, 0.6) is 0 Å². The molecule has 2 rings (SSSR count). The van der Waals surface area contributed by atoms with Crippen LogP contribution in [0.1, 0.15) is 19.3 Å². The molecule has 1 fully saturated rings. The third-order valence-electron chi connectivity index (χ3n) is 3.18. The van der Waals surface area contributed by atoms with Gasteiger partial charge in [0, 0.05) is 20.1 Å². The first kappa shape index (κ1) is 12.8. The van der Waals surface area contributed by atoms with Gasteiger partial charge in [-0.1, -0.05) is 6.42 Å². The molecule has 0 radical (unpaired) electrons. The lowest BCUT2D eigenvalue weighted by Crippen LogP contribution is -2.33. The Morgan fingerprint density at radius 1 is 1.44 bits per heavy atom. The highest BCUT2D eigenvalue weighted by molar-refractivity contribution is 5.54. The van der Waals surface area contributed by atoms with Gasteiger partial charge in [-0.3, -0.25) is 14.8 Å². The molecule has 0 saturated carbocycles. The van der Waals surface area contributed by atoms with Crippen molar-refractivity contribution in [2.75, 3.05) is 31.5 Å². The Bertz CT molecular complexity index is 412. The summed E-state index contributed by atoms with van der Waals surface area (Å²) in [6, 6.07) is 0. The van der Waals surface area contributed by atoms with Crippen molar-refractivity contribution in [1.29, 1.82) is 0 Å². The molecule has 100 valence electrons. The summed E-state index contributed by atoms with van der Waals surface area (Å²) in [4.78, 5) is 12.8. The zero-order valence-corrected chi connectivity index (χ0v) is 10.6. The van der Waals surface area contributed by atoms with Gasteiger partial charge in [-0.15, -0.1) is 5.10 Å². The predicted octanol–water partition coefficient (Wildman–Crippen LogP) is 1.23. The number of aryl methyl sites for hydroxylation is 1. The maximum Gasteiger partial charge on any atom is 0.330 e. The highest BCUT2D eigenvalue weighted by atomic mass is 16.6. The fourth-order valence-corrected chi connectivity index (χ4v) is 2.25. The Morgan fingerprint density at radius 3 is 2.83 bits per heavy atom. The van der Waals surface area contributed by atoms with Gasteiger partial charge in [0.25, 0.3) is 0 Å². The monoisotopic (exact) mass is 253 g/mol. The molecule has 7 heteroatoms. The summed E-state index contributed by atoms with van der Waals surface area (Å²) in [6.07, 6.45) is 5.24. The van der Waals surface area contributed by atoms with Gasteiger partial charge in [-0.2, -0.15) is 0 Å². The van der Waals surface area contributed by atoms with Crippen molar-refractivity contribution in [3.05, 3.63) is 16.3 Å². The molecule has 0 spiro atoms. The topological polar surface area (TPSA) is 76.2 Å². The zero-order chi connectivity index (χ0) is 13.0. The van der Waals surface area contributed by atoms with E-state index in [1.54, 1.807) is 7.05 Å². The molecule has 18 heavy (non-hydrogen) atoms. The van der Waals surface area contributed by atoms with Crippen molar-refractivity contribution in [3.63, 3.8) is 0 Å². The summed E-state index contributed by atoms with van der Waals surface area (Å²) in [6.45, 7) is 3.86. The van der Waals surface area contributed by atoms with E-state index in [1.807, 2.05) is 0 Å². The number of likely N-dealkylation sites (tertiary alicyclic amines) is 1. The van der Waals surface area contributed by atoms with E-state index in [-0.39, 0.29) is 5.69 Å². The highest BCUT2D eigenvalue weighted by Crippen LogP contribution is 2.21. The minimum absolute atomic E-state index is 0.0381. The molecule has 0 amide bonds. The minimum Gasteiger partial charge on any atom is -0.362 e. The van der Waals surface area contributed by atoms with Crippen LogP contribution in [0.2, 0.25) is 0 Å². The molecule has 0 bridgehead atoms. The third-order valence-corrected chi connectivity index (χ3v) is 3.18. The number of anilines is 1. The first-order chi connectivity index (χ1) is 8.66. The van der Waals surface area contributed by atoms with Crippen LogP contribution in [0.3, 0.4) is 0 Å². The fourth-order valence-electron chi connectivity index (χ4n) is 2.25. The first-order valence-corrected chi connectivity index (χ1v) is 6.31. The largest absolute Gasteiger partial charge is 0.362 e. The average molecular weight is 253 g/mol. The van der Waals surface area contributed by atoms with Crippen molar-refractivity contribution in [3.8, 4) is 0 Å². The van der Waals surface area contributed by atoms with Crippen molar-refractivity contribution in [1.82, 2.24) is 14.7 Å². The number of nitrogens with one attached hydrogen (secondary N) is 1. The third kappa shape index (κ3) is 3.19.